The predicted molar refractivity (Wildman–Crippen MR) is 139 cm³/mol. The minimum atomic E-state index is -4.81. The maximum atomic E-state index is 13.2. The molecular weight excluding hydrogens is 521 g/mol. The van der Waals surface area contributed by atoms with Gasteiger partial charge in [0.2, 0.25) is 0 Å². The monoisotopic (exact) mass is 548 g/mol. The lowest BCUT2D eigenvalue weighted by Crippen LogP contribution is -2.49. The number of benzene rings is 1. The Morgan fingerprint density at radius 1 is 1.18 bits per heavy atom. The average Bonchev–Trinajstić information content (AvgIpc) is 2.92. The number of alkyl halides is 3. The van der Waals surface area contributed by atoms with Gasteiger partial charge < -0.3 is 19.9 Å². The Morgan fingerprint density at radius 2 is 1.89 bits per heavy atom. The summed E-state index contributed by atoms with van der Waals surface area (Å²) in [6, 6.07) is 8.57. The third kappa shape index (κ3) is 6.87. The first kappa shape index (κ1) is 27.5. The molecule has 2 fully saturated rings. The Morgan fingerprint density at radius 3 is 2.47 bits per heavy atom. The first-order chi connectivity index (χ1) is 18.1. The lowest BCUT2D eigenvalue weighted by atomic mass is 9.92. The maximum absolute atomic E-state index is 13.2. The predicted octanol–water partition coefficient (Wildman–Crippen LogP) is 4.77. The third-order valence-electron chi connectivity index (χ3n) is 6.85. The molecule has 4 rings (SSSR count). The van der Waals surface area contributed by atoms with Crippen LogP contribution in [0.1, 0.15) is 36.9 Å². The molecule has 0 spiro atoms. The Hall–Kier alpha value is -3.50. The van der Waals surface area contributed by atoms with Gasteiger partial charge in [0.1, 0.15) is 22.3 Å². The van der Waals surface area contributed by atoms with Crippen LogP contribution in [-0.2, 0) is 10.9 Å². The summed E-state index contributed by atoms with van der Waals surface area (Å²) in [6.07, 6.45) is -0.216. The van der Waals surface area contributed by atoms with Crippen LogP contribution >= 0.6 is 12.2 Å². The molecule has 2 aliphatic rings. The normalized spacial score (nSPS) is 20.1. The molecule has 0 atom stereocenters. The molecule has 0 unspecified atom stereocenters. The van der Waals surface area contributed by atoms with Gasteiger partial charge in [-0.15, -0.1) is 0 Å². The highest BCUT2D eigenvalue weighted by molar-refractivity contribution is 7.80. The average molecular weight is 549 g/mol. The molecule has 0 amide bonds. The van der Waals surface area contributed by atoms with Crippen LogP contribution in [0.25, 0.3) is 0 Å². The molecule has 9 nitrogen and oxygen atoms in total. The van der Waals surface area contributed by atoms with Crippen molar-refractivity contribution in [3.05, 3.63) is 57.9 Å². The summed E-state index contributed by atoms with van der Waals surface area (Å²) in [7, 11) is 0. The van der Waals surface area contributed by atoms with Crippen molar-refractivity contribution < 1.29 is 22.8 Å². The van der Waals surface area contributed by atoms with Gasteiger partial charge in [0.25, 0.3) is 5.69 Å². The van der Waals surface area contributed by atoms with Gasteiger partial charge in [0, 0.05) is 44.0 Å². The van der Waals surface area contributed by atoms with E-state index in [1.54, 1.807) is 12.3 Å². The first-order valence-electron chi connectivity index (χ1n) is 12.3. The molecule has 2 heterocycles. The van der Waals surface area contributed by atoms with Crippen LogP contribution in [0, 0.1) is 21.4 Å². The van der Waals surface area contributed by atoms with Crippen LogP contribution in [-0.4, -0.2) is 64.7 Å². The van der Waals surface area contributed by atoms with E-state index < -0.39 is 22.4 Å². The summed E-state index contributed by atoms with van der Waals surface area (Å²) in [6.45, 7) is 3.42. The SMILES string of the molecule is N#Cc1ccc(N2CCN(C(=S)COC3CCC(Nc4ccc([N+](=O)[O-])c(C(F)(F)F)c4)CC3)CC2)cn1. The molecule has 1 saturated heterocycles. The minimum Gasteiger partial charge on any atom is -0.382 e. The van der Waals surface area contributed by atoms with E-state index in [0.29, 0.717) is 25.1 Å². The van der Waals surface area contributed by atoms with Gasteiger partial charge in [-0.05, 0) is 49.9 Å². The zero-order valence-electron chi connectivity index (χ0n) is 20.5. The fourth-order valence-corrected chi connectivity index (χ4v) is 5.01. The Kier molecular flexibility index (Phi) is 8.63. The molecule has 1 saturated carbocycles. The van der Waals surface area contributed by atoms with E-state index in [-0.39, 0.29) is 17.8 Å². The summed E-state index contributed by atoms with van der Waals surface area (Å²) in [4.78, 5) is 19.1. The number of hydrogen-bond acceptors (Lipinski definition) is 8. The number of thiocarbonyl (C=S) groups is 1. The molecular formula is C25H27F3N6O3S. The molecule has 1 aromatic carbocycles. The Labute approximate surface area is 223 Å². The number of nitro groups is 1. The highest BCUT2D eigenvalue weighted by Gasteiger charge is 2.38. The second kappa shape index (κ2) is 11.9. The molecule has 1 aliphatic heterocycles. The lowest BCUT2D eigenvalue weighted by molar-refractivity contribution is -0.388. The van der Waals surface area contributed by atoms with Gasteiger partial charge in [0.05, 0.1) is 29.5 Å². The molecule has 1 aromatic heterocycles. The van der Waals surface area contributed by atoms with E-state index in [1.165, 1.54) is 6.07 Å². The number of nitrogens with zero attached hydrogens (tertiary/aromatic N) is 5. The topological polar surface area (TPSA) is 108 Å². The second-order valence-electron chi connectivity index (χ2n) is 9.30. The summed E-state index contributed by atoms with van der Waals surface area (Å²) >= 11 is 5.59. The molecule has 1 aliphatic carbocycles. The molecule has 13 heteroatoms. The van der Waals surface area contributed by atoms with Crippen LogP contribution in [0.15, 0.2) is 36.5 Å². The van der Waals surface area contributed by atoms with Gasteiger partial charge in [-0.1, -0.05) is 12.2 Å². The zero-order chi connectivity index (χ0) is 27.3. The molecule has 1 N–H and O–H groups in total. The number of hydrogen-bond donors (Lipinski definition) is 1. The molecule has 202 valence electrons. The number of ether oxygens (including phenoxy) is 1. The van der Waals surface area contributed by atoms with Crippen molar-refractivity contribution in [1.82, 2.24) is 9.88 Å². The van der Waals surface area contributed by atoms with Crippen molar-refractivity contribution in [1.29, 1.82) is 5.26 Å². The van der Waals surface area contributed by atoms with E-state index in [9.17, 15) is 23.3 Å². The number of aromatic nitrogens is 1. The number of nitro benzene ring substituents is 1. The number of rotatable bonds is 7. The standard InChI is InChI=1S/C25H27F3N6O3S/c26-25(27,28)22-13-18(4-8-23(22)34(35)36)31-17-2-6-21(7-3-17)37-16-24(38)33-11-9-32(10-12-33)20-5-1-19(14-29)30-15-20/h1,4-5,8,13,15,17,21,31H,2-3,6-7,9-12,16H2. The highest BCUT2D eigenvalue weighted by Crippen LogP contribution is 2.38. The number of nitrogens with one attached hydrogen (secondary N) is 1. The van der Waals surface area contributed by atoms with E-state index >= 15 is 0 Å². The van der Waals surface area contributed by atoms with Crippen molar-refractivity contribution in [2.75, 3.05) is 43.0 Å². The molecule has 0 bridgehead atoms. The van der Waals surface area contributed by atoms with E-state index in [2.05, 4.69) is 20.1 Å². The van der Waals surface area contributed by atoms with Crippen LogP contribution in [0.2, 0.25) is 0 Å². The Bertz CT molecular complexity index is 1190. The van der Waals surface area contributed by atoms with Gasteiger partial charge in [0.15, 0.2) is 0 Å². The van der Waals surface area contributed by atoms with Gasteiger partial charge in [-0.3, -0.25) is 10.1 Å². The molecule has 0 radical (unpaired) electrons. The second-order valence-corrected chi connectivity index (χ2v) is 9.77. The lowest BCUT2D eigenvalue weighted by Gasteiger charge is -2.37. The van der Waals surface area contributed by atoms with E-state index in [1.807, 2.05) is 12.1 Å². The van der Waals surface area contributed by atoms with Crippen molar-refractivity contribution in [3.63, 3.8) is 0 Å². The van der Waals surface area contributed by atoms with Crippen molar-refractivity contribution >= 4 is 34.3 Å². The third-order valence-corrected chi connectivity index (χ3v) is 7.22. The number of pyridine rings is 1. The molecule has 2 aromatic rings. The quantitative estimate of drug-likeness (QED) is 0.297. The number of piperazine rings is 1. The number of anilines is 2. The summed E-state index contributed by atoms with van der Waals surface area (Å²) in [5.41, 5.74) is -0.641. The Balaban J connectivity index is 1.20. The van der Waals surface area contributed by atoms with Crippen molar-refractivity contribution in [2.45, 2.75) is 44.0 Å². The van der Waals surface area contributed by atoms with Gasteiger partial charge in [-0.2, -0.15) is 18.4 Å². The van der Waals surface area contributed by atoms with E-state index in [0.717, 1.165) is 61.8 Å². The van der Waals surface area contributed by atoms with Crippen LogP contribution in [0.3, 0.4) is 0 Å². The van der Waals surface area contributed by atoms with Gasteiger partial charge in [-0.25, -0.2) is 4.98 Å². The van der Waals surface area contributed by atoms with Crippen molar-refractivity contribution in [2.24, 2.45) is 0 Å². The first-order valence-corrected chi connectivity index (χ1v) is 12.7. The number of nitriles is 1. The summed E-state index contributed by atoms with van der Waals surface area (Å²) in [5.74, 6) is 0. The van der Waals surface area contributed by atoms with Crippen LogP contribution < -0.4 is 10.2 Å². The molecule has 38 heavy (non-hydrogen) atoms. The van der Waals surface area contributed by atoms with Gasteiger partial charge >= 0.3 is 6.18 Å². The maximum Gasteiger partial charge on any atom is 0.423 e. The fraction of sp³-hybridized carbons (Fsp3) is 0.480. The summed E-state index contributed by atoms with van der Waals surface area (Å²) in [5, 5.41) is 22.9. The number of halogens is 3. The minimum absolute atomic E-state index is 0.0135. The van der Waals surface area contributed by atoms with Crippen LogP contribution in [0.4, 0.5) is 30.2 Å². The largest absolute Gasteiger partial charge is 0.423 e. The summed E-state index contributed by atoms with van der Waals surface area (Å²) < 4.78 is 45.8. The fourth-order valence-electron chi connectivity index (χ4n) is 4.76. The highest BCUT2D eigenvalue weighted by atomic mass is 32.1. The zero-order valence-corrected chi connectivity index (χ0v) is 21.3. The van der Waals surface area contributed by atoms with Crippen LogP contribution in [0.5, 0.6) is 0 Å². The van der Waals surface area contributed by atoms with E-state index in [4.69, 9.17) is 22.2 Å². The van der Waals surface area contributed by atoms with Crippen molar-refractivity contribution in [3.8, 4) is 6.07 Å². The smallest absolute Gasteiger partial charge is 0.382 e.